The highest BCUT2D eigenvalue weighted by Crippen LogP contribution is 2.23. The Hall–Kier alpha value is -1.60. The number of rotatable bonds is 4. The van der Waals surface area contributed by atoms with Crippen LogP contribution in [0.25, 0.3) is 0 Å². The van der Waals surface area contributed by atoms with Crippen LogP contribution in [0.4, 0.5) is 8.78 Å². The Morgan fingerprint density at radius 3 is 2.26 bits per heavy atom. The molecule has 2 nitrogen and oxygen atoms in total. The summed E-state index contributed by atoms with van der Waals surface area (Å²) in [6.45, 7) is 7.97. The van der Waals surface area contributed by atoms with E-state index in [2.05, 4.69) is 17.2 Å². The zero-order valence-corrected chi connectivity index (χ0v) is 11.7. The van der Waals surface area contributed by atoms with E-state index in [4.69, 9.17) is 4.74 Å². The van der Waals surface area contributed by atoms with Crippen LogP contribution in [0.2, 0.25) is 0 Å². The molecular weight excluding hydrogens is 248 g/mol. The van der Waals surface area contributed by atoms with Crippen molar-refractivity contribution in [1.29, 1.82) is 0 Å². The molecule has 0 aliphatic heterocycles. The highest BCUT2D eigenvalue weighted by atomic mass is 19.1. The second-order valence-electron chi connectivity index (χ2n) is 5.21. The molecule has 0 spiro atoms. The molecule has 1 rings (SSSR count). The first-order valence-corrected chi connectivity index (χ1v) is 6.09. The lowest BCUT2D eigenvalue weighted by atomic mass is 10.1. The number of ether oxygens (including phenoxy) is 1. The topological polar surface area (TPSA) is 21.3 Å². The number of hydrogen-bond donors (Lipinski definition) is 1. The molecule has 1 N–H and O–H groups in total. The quantitative estimate of drug-likeness (QED) is 0.845. The van der Waals surface area contributed by atoms with Crippen LogP contribution in [-0.4, -0.2) is 12.1 Å². The molecule has 0 aromatic heterocycles. The molecule has 0 heterocycles. The molecule has 4 heteroatoms. The minimum atomic E-state index is -0.705. The summed E-state index contributed by atoms with van der Waals surface area (Å²) in [7, 11) is 0. The molecule has 0 atom stereocenters. The SMILES string of the molecule is CC#CCOc1c(F)cc(CNC(C)(C)C)cc1F. The third-order valence-corrected chi connectivity index (χ3v) is 2.35. The Balaban J connectivity index is 2.80. The van der Waals surface area contributed by atoms with Crippen molar-refractivity contribution in [1.82, 2.24) is 5.32 Å². The maximum Gasteiger partial charge on any atom is 0.192 e. The Labute approximate surface area is 113 Å². The van der Waals surface area contributed by atoms with Crippen LogP contribution in [0, 0.1) is 23.5 Å². The number of hydrogen-bond acceptors (Lipinski definition) is 2. The molecular formula is C15H19F2NO. The first kappa shape index (κ1) is 15.5. The van der Waals surface area contributed by atoms with Crippen LogP contribution in [0.3, 0.4) is 0 Å². The van der Waals surface area contributed by atoms with E-state index in [1.54, 1.807) is 6.92 Å². The summed E-state index contributed by atoms with van der Waals surface area (Å²) in [5.74, 6) is 3.41. The van der Waals surface area contributed by atoms with Crippen LogP contribution < -0.4 is 10.1 Å². The van der Waals surface area contributed by atoms with E-state index in [0.717, 1.165) is 0 Å². The third kappa shape index (κ3) is 5.27. The number of benzene rings is 1. The van der Waals surface area contributed by atoms with Gasteiger partial charge in [-0.15, -0.1) is 5.92 Å². The minimum absolute atomic E-state index is 0.0239. The van der Waals surface area contributed by atoms with Crippen molar-refractivity contribution in [2.24, 2.45) is 0 Å². The van der Waals surface area contributed by atoms with Crippen LogP contribution in [0.15, 0.2) is 12.1 Å². The molecule has 104 valence electrons. The summed E-state index contributed by atoms with van der Waals surface area (Å²) in [5, 5.41) is 3.17. The Bertz CT molecular complexity index is 472. The fraction of sp³-hybridized carbons (Fsp3) is 0.467. The zero-order chi connectivity index (χ0) is 14.5. The first-order chi connectivity index (χ1) is 8.83. The number of halogens is 2. The first-order valence-electron chi connectivity index (χ1n) is 6.09. The smallest absolute Gasteiger partial charge is 0.192 e. The minimum Gasteiger partial charge on any atom is -0.475 e. The molecule has 1 aromatic rings. The van der Waals surface area contributed by atoms with Crippen LogP contribution >= 0.6 is 0 Å². The van der Waals surface area contributed by atoms with E-state index in [1.807, 2.05) is 20.8 Å². The van der Waals surface area contributed by atoms with Gasteiger partial charge in [0.1, 0.15) is 6.61 Å². The predicted octanol–water partition coefficient (Wildman–Crippen LogP) is 3.26. The summed E-state index contributed by atoms with van der Waals surface area (Å²) in [4.78, 5) is 0. The average molecular weight is 267 g/mol. The second-order valence-corrected chi connectivity index (χ2v) is 5.21. The van der Waals surface area contributed by atoms with E-state index in [9.17, 15) is 8.78 Å². The van der Waals surface area contributed by atoms with Crippen molar-refractivity contribution in [2.45, 2.75) is 39.8 Å². The van der Waals surface area contributed by atoms with Gasteiger partial charge in [-0.3, -0.25) is 0 Å². The molecule has 0 aliphatic rings. The lowest BCUT2D eigenvalue weighted by Crippen LogP contribution is -2.35. The van der Waals surface area contributed by atoms with E-state index < -0.39 is 11.6 Å². The van der Waals surface area contributed by atoms with Crippen LogP contribution in [-0.2, 0) is 6.54 Å². The highest BCUT2D eigenvalue weighted by molar-refractivity contribution is 5.31. The molecule has 0 saturated heterocycles. The lowest BCUT2D eigenvalue weighted by molar-refractivity contribution is 0.325. The second kappa shape index (κ2) is 6.53. The van der Waals surface area contributed by atoms with E-state index in [1.165, 1.54) is 12.1 Å². The third-order valence-electron chi connectivity index (χ3n) is 2.35. The van der Waals surface area contributed by atoms with Gasteiger partial charge in [0.05, 0.1) is 0 Å². The summed E-state index contributed by atoms with van der Waals surface area (Å²) >= 11 is 0. The van der Waals surface area contributed by atoms with Gasteiger partial charge in [0.15, 0.2) is 17.4 Å². The molecule has 0 radical (unpaired) electrons. The fourth-order valence-electron chi connectivity index (χ4n) is 1.40. The highest BCUT2D eigenvalue weighted by Gasteiger charge is 2.14. The Morgan fingerprint density at radius 2 is 1.79 bits per heavy atom. The van der Waals surface area contributed by atoms with E-state index >= 15 is 0 Å². The Kier molecular flexibility index (Phi) is 5.31. The fourth-order valence-corrected chi connectivity index (χ4v) is 1.40. The van der Waals surface area contributed by atoms with Gasteiger partial charge in [-0.2, -0.15) is 0 Å². The molecule has 0 fully saturated rings. The molecule has 0 bridgehead atoms. The predicted molar refractivity (Wildman–Crippen MR) is 71.9 cm³/mol. The largest absolute Gasteiger partial charge is 0.475 e. The van der Waals surface area contributed by atoms with Crippen molar-refractivity contribution in [2.75, 3.05) is 6.61 Å². The molecule has 0 unspecified atom stereocenters. The Morgan fingerprint density at radius 1 is 1.21 bits per heavy atom. The summed E-state index contributed by atoms with van der Waals surface area (Å²) in [5.41, 5.74) is 0.428. The van der Waals surface area contributed by atoms with Crippen LogP contribution in [0.1, 0.15) is 33.3 Å². The van der Waals surface area contributed by atoms with Gasteiger partial charge in [0.2, 0.25) is 0 Å². The molecule has 19 heavy (non-hydrogen) atoms. The number of nitrogens with one attached hydrogen (secondary N) is 1. The zero-order valence-electron chi connectivity index (χ0n) is 11.7. The average Bonchev–Trinajstić information content (AvgIpc) is 2.29. The molecule has 1 aromatic carbocycles. The monoisotopic (exact) mass is 267 g/mol. The molecule has 0 amide bonds. The van der Waals surface area contributed by atoms with Crippen molar-refractivity contribution >= 4 is 0 Å². The van der Waals surface area contributed by atoms with Crippen molar-refractivity contribution in [3.8, 4) is 17.6 Å². The van der Waals surface area contributed by atoms with Gasteiger partial charge in [0, 0.05) is 12.1 Å². The van der Waals surface area contributed by atoms with Crippen molar-refractivity contribution < 1.29 is 13.5 Å². The van der Waals surface area contributed by atoms with Gasteiger partial charge in [-0.1, -0.05) is 5.92 Å². The summed E-state index contributed by atoms with van der Waals surface area (Å²) < 4.78 is 32.4. The molecule has 0 saturated carbocycles. The normalized spacial score (nSPS) is 10.8. The van der Waals surface area contributed by atoms with E-state index in [0.29, 0.717) is 12.1 Å². The maximum atomic E-state index is 13.7. The standard InChI is InChI=1S/C15H19F2NO/c1-5-6-7-19-14-12(16)8-11(9-13(14)17)10-18-15(2,3)4/h8-9,18H,7,10H2,1-4H3. The van der Waals surface area contributed by atoms with Gasteiger partial charge in [-0.05, 0) is 45.4 Å². The van der Waals surface area contributed by atoms with Crippen LogP contribution in [0.5, 0.6) is 5.75 Å². The lowest BCUT2D eigenvalue weighted by Gasteiger charge is -2.20. The van der Waals surface area contributed by atoms with Gasteiger partial charge >= 0.3 is 0 Å². The summed E-state index contributed by atoms with van der Waals surface area (Å²) in [6.07, 6.45) is 0. The van der Waals surface area contributed by atoms with Crippen molar-refractivity contribution in [3.05, 3.63) is 29.3 Å². The van der Waals surface area contributed by atoms with E-state index in [-0.39, 0.29) is 17.9 Å². The van der Waals surface area contributed by atoms with Gasteiger partial charge < -0.3 is 10.1 Å². The van der Waals surface area contributed by atoms with Crippen molar-refractivity contribution in [3.63, 3.8) is 0 Å². The van der Waals surface area contributed by atoms with Gasteiger partial charge in [0.25, 0.3) is 0 Å². The summed E-state index contributed by atoms with van der Waals surface area (Å²) in [6, 6.07) is 2.55. The van der Waals surface area contributed by atoms with Gasteiger partial charge in [-0.25, -0.2) is 8.78 Å². The maximum absolute atomic E-state index is 13.7. The molecule has 0 aliphatic carbocycles.